The molecule has 1 aromatic carbocycles. The molecule has 0 spiro atoms. The molecule has 0 unspecified atom stereocenters. The molecular weight excluding hydrogens is 232 g/mol. The fraction of sp³-hybridized carbons (Fsp3) is 0.111. The van der Waals surface area contributed by atoms with Crippen LogP contribution in [0.1, 0.15) is 5.56 Å². The number of hydrogen-bond donors (Lipinski definition) is 1. The number of hydrogen-bond acceptors (Lipinski definition) is 4. The summed E-state index contributed by atoms with van der Waals surface area (Å²) >= 11 is 8.00. The first-order valence-electron chi connectivity index (χ1n) is 4.07. The zero-order chi connectivity index (χ0) is 9.80. The van der Waals surface area contributed by atoms with E-state index < -0.39 is 0 Å². The van der Waals surface area contributed by atoms with Gasteiger partial charge < -0.3 is 0 Å². The predicted molar refractivity (Wildman–Crippen MR) is 63.3 cm³/mol. The Morgan fingerprint density at radius 3 is 2.79 bits per heavy atom. The molecule has 14 heavy (non-hydrogen) atoms. The molecule has 72 valence electrons. The van der Waals surface area contributed by atoms with Gasteiger partial charge in [0.25, 0.3) is 0 Å². The molecule has 1 aromatic heterocycles. The van der Waals surface area contributed by atoms with Crippen molar-refractivity contribution < 1.29 is 0 Å². The topological polar surface area (TPSA) is 28.7 Å². The predicted octanol–water partition coefficient (Wildman–Crippen LogP) is 3.49. The molecule has 0 fully saturated rings. The third-order valence-electron chi connectivity index (χ3n) is 1.64. The van der Waals surface area contributed by atoms with Crippen molar-refractivity contribution in [2.24, 2.45) is 0 Å². The van der Waals surface area contributed by atoms with E-state index in [1.807, 2.05) is 18.2 Å². The number of aromatic amines is 1. The number of nitrogens with one attached hydrogen (secondary N) is 1. The highest BCUT2D eigenvalue weighted by Gasteiger charge is 1.98. The van der Waals surface area contributed by atoms with Crippen molar-refractivity contribution in [2.45, 2.75) is 10.9 Å². The van der Waals surface area contributed by atoms with Crippen molar-refractivity contribution in [3.8, 4) is 0 Å². The number of H-pyrrole nitrogens is 1. The van der Waals surface area contributed by atoms with Gasteiger partial charge >= 0.3 is 0 Å². The summed E-state index contributed by atoms with van der Waals surface area (Å²) in [5.74, 6) is 0.926. The van der Waals surface area contributed by atoms with Crippen molar-refractivity contribution in [1.29, 1.82) is 0 Å². The van der Waals surface area contributed by atoms with Crippen LogP contribution in [0, 0.1) is 3.95 Å². The normalized spacial score (nSPS) is 10.3. The number of benzene rings is 1. The Bertz CT molecular complexity index is 446. The highest BCUT2D eigenvalue weighted by Crippen LogP contribution is 2.19. The van der Waals surface area contributed by atoms with E-state index in [-0.39, 0.29) is 0 Å². The first-order chi connectivity index (χ1) is 6.84. The highest BCUT2D eigenvalue weighted by molar-refractivity contribution is 7.98. The quantitative estimate of drug-likeness (QED) is 0.657. The van der Waals surface area contributed by atoms with Crippen molar-refractivity contribution in [3.05, 3.63) is 39.8 Å². The molecule has 2 nitrogen and oxygen atoms in total. The maximum Gasteiger partial charge on any atom is 0.198 e. The Labute approximate surface area is 95.6 Å². The minimum absolute atomic E-state index is 0.667. The summed E-state index contributed by atoms with van der Waals surface area (Å²) < 4.78 is 3.73. The zero-order valence-electron chi connectivity index (χ0n) is 7.27. The number of thioether (sulfide) groups is 1. The highest BCUT2D eigenvalue weighted by atomic mass is 32.2. The Balaban J connectivity index is 1.98. The molecule has 1 heterocycles. The van der Waals surface area contributed by atoms with E-state index in [1.165, 1.54) is 17.1 Å². The summed E-state index contributed by atoms with van der Waals surface area (Å²) in [4.78, 5) is 4.17. The van der Waals surface area contributed by atoms with Gasteiger partial charge in [0, 0.05) is 5.75 Å². The van der Waals surface area contributed by atoms with Crippen molar-refractivity contribution in [3.63, 3.8) is 0 Å². The van der Waals surface area contributed by atoms with Gasteiger partial charge in [0.1, 0.15) is 0 Å². The molecular formula is C9H8N2S3. The monoisotopic (exact) mass is 240 g/mol. The van der Waals surface area contributed by atoms with E-state index >= 15 is 0 Å². The van der Waals surface area contributed by atoms with Gasteiger partial charge in [0.05, 0.1) is 0 Å². The van der Waals surface area contributed by atoms with Crippen LogP contribution in [-0.2, 0) is 5.75 Å². The van der Waals surface area contributed by atoms with E-state index in [9.17, 15) is 0 Å². The second kappa shape index (κ2) is 4.72. The first kappa shape index (κ1) is 9.89. The lowest BCUT2D eigenvalue weighted by Crippen LogP contribution is -1.80. The van der Waals surface area contributed by atoms with Gasteiger partial charge in [-0.25, -0.2) is 4.98 Å². The molecule has 0 amide bonds. The maximum absolute atomic E-state index is 4.93. The van der Waals surface area contributed by atoms with Crippen LogP contribution >= 0.6 is 35.5 Å². The molecule has 2 aromatic rings. The molecule has 0 bridgehead atoms. The average molecular weight is 240 g/mol. The van der Waals surface area contributed by atoms with Crippen LogP contribution in [0.15, 0.2) is 35.5 Å². The Morgan fingerprint density at radius 2 is 2.14 bits per heavy atom. The van der Waals surface area contributed by atoms with Crippen LogP contribution in [0.2, 0.25) is 0 Å². The average Bonchev–Trinajstić information content (AvgIpc) is 2.63. The van der Waals surface area contributed by atoms with E-state index in [2.05, 4.69) is 21.5 Å². The summed E-state index contributed by atoms with van der Waals surface area (Å²) in [7, 11) is 0. The number of rotatable bonds is 3. The molecule has 0 aliphatic rings. The van der Waals surface area contributed by atoms with Crippen LogP contribution in [0.25, 0.3) is 0 Å². The Kier molecular flexibility index (Phi) is 3.34. The SMILES string of the molecule is S=c1nc(SCc2ccccc2)[nH]s1. The van der Waals surface area contributed by atoms with Gasteiger partial charge in [0.15, 0.2) is 9.11 Å². The second-order valence-electron chi connectivity index (χ2n) is 2.66. The van der Waals surface area contributed by atoms with Crippen molar-refractivity contribution >= 4 is 35.5 Å². The van der Waals surface area contributed by atoms with Gasteiger partial charge in [-0.15, -0.1) is 0 Å². The minimum Gasteiger partial charge on any atom is -0.287 e. The number of aromatic nitrogens is 2. The van der Waals surface area contributed by atoms with Crippen LogP contribution in [0.4, 0.5) is 0 Å². The zero-order valence-corrected chi connectivity index (χ0v) is 9.72. The maximum atomic E-state index is 4.93. The molecule has 1 N–H and O–H groups in total. The molecule has 0 aliphatic carbocycles. The van der Waals surface area contributed by atoms with E-state index in [0.717, 1.165) is 10.9 Å². The summed E-state index contributed by atoms with van der Waals surface area (Å²) in [5, 5.41) is 0.906. The molecule has 0 saturated heterocycles. The summed E-state index contributed by atoms with van der Waals surface area (Å²) in [6, 6.07) is 10.3. The van der Waals surface area contributed by atoms with Gasteiger partial charge in [-0.05, 0) is 29.3 Å². The second-order valence-corrected chi connectivity index (χ2v) is 5.07. The Morgan fingerprint density at radius 1 is 1.36 bits per heavy atom. The van der Waals surface area contributed by atoms with Crippen LogP contribution in [-0.4, -0.2) is 9.36 Å². The fourth-order valence-corrected chi connectivity index (χ4v) is 2.70. The van der Waals surface area contributed by atoms with E-state index in [4.69, 9.17) is 12.2 Å². The van der Waals surface area contributed by atoms with Crippen LogP contribution < -0.4 is 0 Å². The summed E-state index contributed by atoms with van der Waals surface area (Å²) in [6.07, 6.45) is 0. The molecule has 0 saturated carbocycles. The largest absolute Gasteiger partial charge is 0.287 e. The molecule has 0 aliphatic heterocycles. The van der Waals surface area contributed by atoms with E-state index in [1.54, 1.807) is 11.8 Å². The Hall–Kier alpha value is -0.650. The fourth-order valence-electron chi connectivity index (χ4n) is 1.00. The van der Waals surface area contributed by atoms with Crippen LogP contribution in [0.5, 0.6) is 0 Å². The first-order valence-corrected chi connectivity index (χ1v) is 6.28. The molecule has 5 heteroatoms. The molecule has 2 rings (SSSR count). The van der Waals surface area contributed by atoms with Crippen molar-refractivity contribution in [1.82, 2.24) is 9.36 Å². The van der Waals surface area contributed by atoms with Crippen molar-refractivity contribution in [2.75, 3.05) is 0 Å². The molecule has 0 radical (unpaired) electrons. The van der Waals surface area contributed by atoms with Gasteiger partial charge in [0.2, 0.25) is 0 Å². The minimum atomic E-state index is 0.667. The third kappa shape index (κ3) is 2.67. The van der Waals surface area contributed by atoms with Crippen LogP contribution in [0.3, 0.4) is 0 Å². The smallest absolute Gasteiger partial charge is 0.198 e. The van der Waals surface area contributed by atoms with E-state index in [0.29, 0.717) is 3.95 Å². The lowest BCUT2D eigenvalue weighted by atomic mass is 10.2. The van der Waals surface area contributed by atoms with Gasteiger partial charge in [-0.2, -0.15) is 0 Å². The summed E-state index contributed by atoms with van der Waals surface area (Å²) in [5.41, 5.74) is 1.30. The lowest BCUT2D eigenvalue weighted by Gasteiger charge is -1.96. The summed E-state index contributed by atoms with van der Waals surface area (Å²) in [6.45, 7) is 0. The van der Waals surface area contributed by atoms with Gasteiger partial charge in [-0.1, -0.05) is 42.1 Å². The number of nitrogens with zero attached hydrogens (tertiary/aromatic N) is 1. The van der Waals surface area contributed by atoms with Gasteiger partial charge in [-0.3, -0.25) is 4.37 Å². The lowest BCUT2D eigenvalue weighted by molar-refractivity contribution is 1.07. The molecule has 0 atom stereocenters. The third-order valence-corrected chi connectivity index (χ3v) is 3.61. The standard InChI is InChI=1S/C9H8N2S3/c12-9-10-8(11-14-9)13-6-7-4-2-1-3-5-7/h1-5H,6H2,(H,10,11,12).